The summed E-state index contributed by atoms with van der Waals surface area (Å²) in [4.78, 5) is 50.4. The number of hydrogen-bond donors (Lipinski definition) is 2. The molecule has 2 heterocycles. The van der Waals surface area contributed by atoms with Gasteiger partial charge in [0.25, 0.3) is 5.56 Å². The molecule has 1 aliphatic rings. The number of nitroso groups, excluding NO2 is 1. The van der Waals surface area contributed by atoms with Crippen LogP contribution >= 0.6 is 0 Å². The van der Waals surface area contributed by atoms with Gasteiger partial charge in [0.15, 0.2) is 5.69 Å². The molecule has 2 N–H and O–H groups in total. The lowest BCUT2D eigenvalue weighted by molar-refractivity contribution is 0.501. The van der Waals surface area contributed by atoms with Gasteiger partial charge in [-0.3, -0.25) is 14.8 Å². The Labute approximate surface area is 123 Å². The largest absolute Gasteiger partial charge is 0.404 e. The van der Waals surface area contributed by atoms with Crippen LogP contribution in [0.15, 0.2) is 24.0 Å². The highest BCUT2D eigenvalue weighted by molar-refractivity contribution is 5.80. The van der Waals surface area contributed by atoms with Gasteiger partial charge in [-0.15, -0.1) is 4.91 Å². The van der Waals surface area contributed by atoms with Crippen molar-refractivity contribution in [3.8, 4) is 0 Å². The SMILES string of the molecule is O=Nc1c(CCC2CCCC2)c2c(=O)[nH]c(=O)[nH]c2oc1=O. The lowest BCUT2D eigenvalue weighted by atomic mass is 9.96. The third kappa shape index (κ3) is 2.51. The molecule has 0 unspecified atom stereocenters. The molecule has 0 bridgehead atoms. The van der Waals surface area contributed by atoms with Crippen LogP contribution < -0.4 is 16.9 Å². The van der Waals surface area contributed by atoms with Crippen LogP contribution in [0.25, 0.3) is 11.1 Å². The average molecular weight is 305 g/mol. The normalized spacial score (nSPS) is 15.5. The fraction of sp³-hybridized carbons (Fsp3) is 0.500. The molecule has 1 saturated carbocycles. The summed E-state index contributed by atoms with van der Waals surface area (Å²) in [6.07, 6.45) is 5.71. The summed E-state index contributed by atoms with van der Waals surface area (Å²) in [7, 11) is 0. The van der Waals surface area contributed by atoms with Crippen molar-refractivity contribution in [2.75, 3.05) is 0 Å². The van der Waals surface area contributed by atoms with Crippen LogP contribution in [0.1, 0.15) is 37.7 Å². The highest BCUT2D eigenvalue weighted by atomic mass is 16.4. The van der Waals surface area contributed by atoms with Crippen LogP contribution in [-0.4, -0.2) is 9.97 Å². The first-order valence-corrected chi connectivity index (χ1v) is 7.26. The second-order valence-corrected chi connectivity index (χ2v) is 5.61. The monoisotopic (exact) mass is 305 g/mol. The first-order valence-electron chi connectivity index (χ1n) is 7.26. The van der Waals surface area contributed by atoms with Crippen LogP contribution in [0.5, 0.6) is 0 Å². The third-order valence-corrected chi connectivity index (χ3v) is 4.25. The molecule has 22 heavy (non-hydrogen) atoms. The van der Waals surface area contributed by atoms with Crippen molar-refractivity contribution in [2.24, 2.45) is 11.1 Å². The molecule has 8 nitrogen and oxygen atoms in total. The van der Waals surface area contributed by atoms with Crippen LogP contribution in [0.2, 0.25) is 0 Å². The van der Waals surface area contributed by atoms with Crippen molar-refractivity contribution < 1.29 is 4.42 Å². The maximum Gasteiger partial charge on any atom is 0.367 e. The van der Waals surface area contributed by atoms with E-state index < -0.39 is 16.9 Å². The van der Waals surface area contributed by atoms with Gasteiger partial charge >= 0.3 is 11.3 Å². The minimum atomic E-state index is -0.940. The zero-order valence-corrected chi connectivity index (χ0v) is 11.8. The second-order valence-electron chi connectivity index (χ2n) is 5.61. The van der Waals surface area contributed by atoms with Crippen LogP contribution in [0, 0.1) is 10.8 Å². The number of nitrogens with zero attached hydrogens (tertiary/aromatic N) is 1. The fourth-order valence-corrected chi connectivity index (χ4v) is 3.18. The van der Waals surface area contributed by atoms with Crippen LogP contribution in [0.4, 0.5) is 5.69 Å². The number of nitrogens with one attached hydrogen (secondary N) is 2. The highest BCUT2D eigenvalue weighted by Crippen LogP contribution is 2.31. The molecular formula is C14H15N3O5. The zero-order chi connectivity index (χ0) is 15.7. The summed E-state index contributed by atoms with van der Waals surface area (Å²) in [6, 6.07) is 0. The summed E-state index contributed by atoms with van der Waals surface area (Å²) >= 11 is 0. The van der Waals surface area contributed by atoms with Gasteiger partial charge in [0.05, 0.1) is 0 Å². The number of H-pyrrole nitrogens is 2. The van der Waals surface area contributed by atoms with Gasteiger partial charge in [-0.25, -0.2) is 9.59 Å². The number of aromatic nitrogens is 2. The van der Waals surface area contributed by atoms with E-state index in [1.165, 1.54) is 12.8 Å². The molecule has 0 amide bonds. The summed E-state index contributed by atoms with van der Waals surface area (Å²) in [5, 5.41) is 2.75. The number of hydrogen-bond acceptors (Lipinski definition) is 6. The van der Waals surface area contributed by atoms with Crippen molar-refractivity contribution >= 4 is 16.8 Å². The van der Waals surface area contributed by atoms with E-state index in [9.17, 15) is 19.3 Å². The Bertz CT molecular complexity index is 886. The Kier molecular flexibility index (Phi) is 3.74. The van der Waals surface area contributed by atoms with Crippen LogP contribution in [-0.2, 0) is 6.42 Å². The Morgan fingerprint density at radius 3 is 2.55 bits per heavy atom. The number of aryl methyl sites for hydroxylation is 1. The van der Waals surface area contributed by atoms with E-state index in [4.69, 9.17) is 4.42 Å². The minimum Gasteiger partial charge on any atom is -0.404 e. The van der Waals surface area contributed by atoms with E-state index in [1.807, 2.05) is 0 Å². The zero-order valence-electron chi connectivity index (χ0n) is 11.8. The molecule has 0 radical (unpaired) electrons. The van der Waals surface area contributed by atoms with Crippen LogP contribution in [0.3, 0.4) is 0 Å². The molecule has 8 heteroatoms. The molecule has 0 aromatic carbocycles. The topological polar surface area (TPSA) is 125 Å². The molecule has 0 spiro atoms. The second kappa shape index (κ2) is 5.70. The predicted octanol–water partition coefficient (Wildman–Crippen LogP) is 1.69. The third-order valence-electron chi connectivity index (χ3n) is 4.25. The molecule has 1 aliphatic carbocycles. The average Bonchev–Trinajstić information content (AvgIpc) is 2.96. The maximum atomic E-state index is 12.0. The maximum absolute atomic E-state index is 12.0. The quantitative estimate of drug-likeness (QED) is 0.831. The predicted molar refractivity (Wildman–Crippen MR) is 79.5 cm³/mol. The van der Waals surface area contributed by atoms with E-state index in [2.05, 4.69) is 15.1 Å². The molecule has 3 rings (SSSR count). The van der Waals surface area contributed by atoms with Gasteiger partial charge in [0, 0.05) is 5.56 Å². The standard InChI is InChI=1S/C14H15N3O5/c18-11-9-8(6-5-7-3-1-2-4-7)10(17-21)13(19)22-12(9)16-14(20)15-11/h7H,1-6H2,(H2,15,16,18,20). The molecule has 2 aromatic rings. The molecule has 0 atom stereocenters. The Hall–Kier alpha value is -2.51. The highest BCUT2D eigenvalue weighted by Gasteiger charge is 2.21. The molecule has 116 valence electrons. The smallest absolute Gasteiger partial charge is 0.367 e. The molecular weight excluding hydrogens is 290 g/mol. The number of rotatable bonds is 4. The van der Waals surface area contributed by atoms with Gasteiger partial charge in [-0.2, -0.15) is 0 Å². The minimum absolute atomic E-state index is 0.0202. The van der Waals surface area contributed by atoms with Gasteiger partial charge in [0.1, 0.15) is 5.39 Å². The fourth-order valence-electron chi connectivity index (χ4n) is 3.18. The number of aromatic amines is 2. The van der Waals surface area contributed by atoms with E-state index in [-0.39, 0.29) is 22.4 Å². The van der Waals surface area contributed by atoms with Crippen molar-refractivity contribution in [1.82, 2.24) is 9.97 Å². The molecule has 0 aliphatic heterocycles. The lowest BCUT2D eigenvalue weighted by Crippen LogP contribution is -2.24. The molecule has 1 fully saturated rings. The van der Waals surface area contributed by atoms with Gasteiger partial charge in [0.2, 0.25) is 5.71 Å². The van der Waals surface area contributed by atoms with E-state index in [1.54, 1.807) is 0 Å². The molecule has 0 saturated heterocycles. The summed E-state index contributed by atoms with van der Waals surface area (Å²) in [5.74, 6) is 0.517. The Morgan fingerprint density at radius 1 is 1.14 bits per heavy atom. The Morgan fingerprint density at radius 2 is 1.86 bits per heavy atom. The lowest BCUT2D eigenvalue weighted by Gasteiger charge is -2.10. The first-order chi connectivity index (χ1) is 10.6. The van der Waals surface area contributed by atoms with Gasteiger partial charge < -0.3 is 4.42 Å². The van der Waals surface area contributed by atoms with Crippen molar-refractivity contribution in [2.45, 2.75) is 38.5 Å². The van der Waals surface area contributed by atoms with Crippen molar-refractivity contribution in [3.63, 3.8) is 0 Å². The Balaban J connectivity index is 2.15. The van der Waals surface area contributed by atoms with E-state index in [0.29, 0.717) is 12.3 Å². The first kappa shape index (κ1) is 14.4. The summed E-state index contributed by atoms with van der Waals surface area (Å²) in [5.41, 5.74) is -2.74. The van der Waals surface area contributed by atoms with Crippen molar-refractivity contribution in [1.29, 1.82) is 0 Å². The summed E-state index contributed by atoms with van der Waals surface area (Å²) < 4.78 is 4.83. The summed E-state index contributed by atoms with van der Waals surface area (Å²) in [6.45, 7) is 0. The van der Waals surface area contributed by atoms with E-state index >= 15 is 0 Å². The van der Waals surface area contributed by atoms with Gasteiger partial charge in [-0.1, -0.05) is 25.7 Å². The number of fused-ring (bicyclic) bond motifs is 1. The molecule has 2 aromatic heterocycles. The van der Waals surface area contributed by atoms with Gasteiger partial charge in [-0.05, 0) is 23.9 Å². The van der Waals surface area contributed by atoms with E-state index in [0.717, 1.165) is 19.3 Å². The van der Waals surface area contributed by atoms with Crippen molar-refractivity contribution in [3.05, 3.63) is 41.7 Å².